The zero-order valence-corrected chi connectivity index (χ0v) is 23.4. The number of nitrogens with zero attached hydrogens (tertiary/aromatic N) is 5. The van der Waals surface area contributed by atoms with Crippen molar-refractivity contribution in [1.82, 2.24) is 29.1 Å². The monoisotopic (exact) mass is 655 g/mol. The van der Waals surface area contributed by atoms with Crippen LogP contribution >= 0.6 is 14.5 Å². The second kappa shape index (κ2) is 10.9. The Morgan fingerprint density at radius 3 is 2.33 bits per heavy atom. The van der Waals surface area contributed by atoms with Crippen molar-refractivity contribution in [2.45, 2.75) is 49.2 Å². The fourth-order valence-corrected chi connectivity index (χ4v) is 7.14. The van der Waals surface area contributed by atoms with Crippen molar-refractivity contribution in [3.63, 3.8) is 0 Å². The molecule has 10 atom stereocenters. The van der Waals surface area contributed by atoms with Gasteiger partial charge in [0.15, 0.2) is 36.3 Å². The minimum absolute atomic E-state index is 0.0162. The number of halogens is 2. The van der Waals surface area contributed by atoms with Crippen molar-refractivity contribution >= 4 is 43.3 Å². The summed E-state index contributed by atoms with van der Waals surface area (Å²) in [5.41, 5.74) is 4.23. The first kappa shape index (κ1) is 29.5. The maximum absolute atomic E-state index is 15.8. The van der Waals surface area contributed by atoms with E-state index in [1.165, 1.54) is 10.9 Å². The van der Waals surface area contributed by atoms with E-state index in [1.807, 2.05) is 4.98 Å². The molecule has 0 amide bonds. The third kappa shape index (κ3) is 5.46. The highest BCUT2D eigenvalue weighted by Gasteiger charge is 2.54. The van der Waals surface area contributed by atoms with E-state index in [-0.39, 0.29) is 17.0 Å². The minimum atomic E-state index is -5.12. The molecule has 42 heavy (non-hydrogen) atoms. The summed E-state index contributed by atoms with van der Waals surface area (Å²) in [5, 5.41) is 0. The number of aromatic nitrogens is 6. The quantitative estimate of drug-likeness (QED) is 0.256. The van der Waals surface area contributed by atoms with Crippen LogP contribution in [0, 0.1) is 0 Å². The Morgan fingerprint density at radius 1 is 1.00 bits per heavy atom. The molecule has 3 aliphatic heterocycles. The van der Waals surface area contributed by atoms with Gasteiger partial charge in [0.1, 0.15) is 36.3 Å². The van der Waals surface area contributed by atoms with Gasteiger partial charge in [0.25, 0.3) is 5.56 Å². The lowest BCUT2D eigenvalue weighted by atomic mass is 10.1. The molecule has 5 N–H and O–H groups in total. The molecule has 3 saturated heterocycles. The molecule has 0 aromatic carbocycles. The van der Waals surface area contributed by atoms with Crippen LogP contribution in [-0.2, 0) is 43.9 Å². The van der Waals surface area contributed by atoms with Crippen LogP contribution in [0.5, 0.6) is 0 Å². The van der Waals surface area contributed by atoms with E-state index >= 15 is 8.78 Å². The van der Waals surface area contributed by atoms with E-state index in [0.29, 0.717) is 4.57 Å². The number of phosphoric acid groups is 1. The molecule has 6 heterocycles. The van der Waals surface area contributed by atoms with Crippen molar-refractivity contribution in [3.05, 3.63) is 45.8 Å². The average molecular weight is 655 g/mol. The molecule has 228 valence electrons. The second-order valence-corrected chi connectivity index (χ2v) is 13.5. The summed E-state index contributed by atoms with van der Waals surface area (Å²) in [6.45, 7) is -5.97. The van der Waals surface area contributed by atoms with Gasteiger partial charge in [-0.3, -0.25) is 32.5 Å². The van der Waals surface area contributed by atoms with Gasteiger partial charge in [-0.15, -0.1) is 0 Å². The number of alkyl halides is 2. The predicted octanol–water partition coefficient (Wildman–Crippen LogP) is -0.436. The SMILES string of the molecule is Nc1ncnc2c1ncn2[C@@H]1O[C@@H]2COP(=O)(O)OC3C(F)[C@H](n4ccc(=O)[nH]c4=O)O[C@@H]3COP(O)(=S)OC2C1F. The van der Waals surface area contributed by atoms with Gasteiger partial charge in [-0.25, -0.2) is 33.1 Å². The Hall–Kier alpha value is -2.55. The molecule has 6 unspecified atom stereocenters. The third-order valence-electron chi connectivity index (χ3n) is 6.63. The molecule has 6 rings (SSSR count). The minimum Gasteiger partial charge on any atom is -0.382 e. The highest BCUT2D eigenvalue weighted by Crippen LogP contribution is 2.54. The van der Waals surface area contributed by atoms with Crippen molar-refractivity contribution in [3.8, 4) is 0 Å². The van der Waals surface area contributed by atoms with E-state index < -0.39 is 88.2 Å². The maximum atomic E-state index is 15.8. The molecule has 3 aromatic heterocycles. The number of nitrogens with one attached hydrogen (secondary N) is 1. The van der Waals surface area contributed by atoms with E-state index in [2.05, 4.69) is 15.0 Å². The van der Waals surface area contributed by atoms with Crippen LogP contribution in [0.15, 0.2) is 34.5 Å². The lowest BCUT2D eigenvalue weighted by molar-refractivity contribution is -0.0634. The highest BCUT2D eigenvalue weighted by molar-refractivity contribution is 8.07. The average Bonchev–Trinajstić information content (AvgIpc) is 3.57. The molecule has 0 bridgehead atoms. The number of hydrogen-bond donors (Lipinski definition) is 4. The predicted molar refractivity (Wildman–Crippen MR) is 137 cm³/mol. The van der Waals surface area contributed by atoms with E-state index in [9.17, 15) is 23.9 Å². The fourth-order valence-electron chi connectivity index (χ4n) is 4.74. The number of ether oxygens (including phenoxy) is 2. The number of aromatic amines is 1. The first-order valence-electron chi connectivity index (χ1n) is 12.0. The molecule has 0 saturated carbocycles. The first-order chi connectivity index (χ1) is 19.8. The topological polar surface area (TPSA) is 237 Å². The maximum Gasteiger partial charge on any atom is 0.472 e. The van der Waals surface area contributed by atoms with Crippen LogP contribution in [0.1, 0.15) is 12.5 Å². The summed E-state index contributed by atoms with van der Waals surface area (Å²) < 4.78 is 78.1. The standard InChI is InChI=1S/C19H21F2N7O11P2S/c20-10-13-8(36-17(10)27-2-1-9(29)26-19(27)30)4-35-41(33,42)39-14-7(3-34-40(31,32)38-13)37-18(11(14)21)28-6-25-12-15(22)23-5-24-16(12)28/h1-2,5-8,10-11,13-14,17-18H,3-4H2,(H,31,32)(H,33,42)(H2,22,23,24)(H,26,29,30)/t7-,8-,10?,11?,13?,14?,17-,18-,41?/m1/s1. The number of H-pyrrole nitrogens is 1. The molecule has 23 heteroatoms. The molecule has 3 fully saturated rings. The molecule has 18 nitrogen and oxygen atoms in total. The van der Waals surface area contributed by atoms with Gasteiger partial charge in [-0.05, 0) is 11.8 Å². The third-order valence-corrected chi connectivity index (χ3v) is 9.18. The smallest absolute Gasteiger partial charge is 0.382 e. The molecule has 0 aliphatic carbocycles. The van der Waals surface area contributed by atoms with Crippen LogP contribution in [0.2, 0.25) is 0 Å². The van der Waals surface area contributed by atoms with Gasteiger partial charge in [0.05, 0.1) is 19.5 Å². The zero-order chi connectivity index (χ0) is 30.0. The summed E-state index contributed by atoms with van der Waals surface area (Å²) >= 11 is 5.04. The summed E-state index contributed by atoms with van der Waals surface area (Å²) in [7, 11) is -5.12. The van der Waals surface area contributed by atoms with Gasteiger partial charge >= 0.3 is 20.2 Å². The fraction of sp³-hybridized carbons (Fsp3) is 0.526. The zero-order valence-electron chi connectivity index (χ0n) is 20.8. The van der Waals surface area contributed by atoms with E-state index in [1.54, 1.807) is 0 Å². The van der Waals surface area contributed by atoms with Gasteiger partial charge in [-0.1, -0.05) is 0 Å². The Morgan fingerprint density at radius 2 is 1.64 bits per heavy atom. The number of nitrogen functional groups attached to an aromatic ring is 1. The molecule has 0 spiro atoms. The van der Waals surface area contributed by atoms with Crippen molar-refractivity contribution in [1.29, 1.82) is 0 Å². The van der Waals surface area contributed by atoms with Crippen LogP contribution < -0.4 is 17.0 Å². The Labute approximate surface area is 237 Å². The number of rotatable bonds is 2. The Kier molecular flexibility index (Phi) is 7.64. The summed E-state index contributed by atoms with van der Waals surface area (Å²) in [6, 6.07) is 0.926. The first-order valence-corrected chi connectivity index (χ1v) is 16.1. The number of anilines is 1. The molecular formula is C19H21F2N7O11P2S. The van der Waals surface area contributed by atoms with Crippen LogP contribution in [0.25, 0.3) is 11.2 Å². The van der Waals surface area contributed by atoms with Gasteiger partial charge in [-0.2, -0.15) is 0 Å². The lowest BCUT2D eigenvalue weighted by Crippen LogP contribution is -2.38. The largest absolute Gasteiger partial charge is 0.472 e. The number of imidazole rings is 1. The second-order valence-electron chi connectivity index (χ2n) is 9.29. The summed E-state index contributed by atoms with van der Waals surface area (Å²) in [4.78, 5) is 58.6. The number of phosphoric ester groups is 1. The lowest BCUT2D eigenvalue weighted by Gasteiger charge is -2.28. The van der Waals surface area contributed by atoms with Gasteiger partial charge in [0.2, 0.25) is 0 Å². The van der Waals surface area contributed by atoms with Crippen LogP contribution in [-0.4, -0.2) is 88.8 Å². The van der Waals surface area contributed by atoms with Crippen molar-refractivity contribution in [2.75, 3.05) is 18.9 Å². The Bertz CT molecular complexity index is 1730. The molecule has 0 radical (unpaired) electrons. The van der Waals surface area contributed by atoms with Crippen molar-refractivity contribution < 1.29 is 50.7 Å². The van der Waals surface area contributed by atoms with Gasteiger partial charge in [0, 0.05) is 12.3 Å². The molecule has 3 aliphatic rings. The molecule has 3 aromatic rings. The highest BCUT2D eigenvalue weighted by atomic mass is 32.5. The number of nitrogens with two attached hydrogens (primary N) is 1. The summed E-state index contributed by atoms with van der Waals surface area (Å²) in [5.74, 6) is 0.0162. The number of hydrogen-bond acceptors (Lipinski definition) is 14. The molecular weight excluding hydrogens is 634 g/mol. The van der Waals surface area contributed by atoms with E-state index in [4.69, 9.17) is 45.1 Å². The Balaban J connectivity index is 1.28. The van der Waals surface area contributed by atoms with Gasteiger partial charge < -0.3 is 29.5 Å². The normalized spacial score (nSPS) is 39.3. The van der Waals surface area contributed by atoms with Crippen LogP contribution in [0.4, 0.5) is 14.6 Å². The number of fused-ring (bicyclic) bond motifs is 3. The summed E-state index contributed by atoms with van der Waals surface area (Å²) in [6.07, 6.45) is -11.0. The van der Waals surface area contributed by atoms with E-state index in [0.717, 1.165) is 18.6 Å². The van der Waals surface area contributed by atoms with Crippen molar-refractivity contribution in [2.24, 2.45) is 0 Å². The van der Waals surface area contributed by atoms with Crippen LogP contribution in [0.3, 0.4) is 0 Å².